The van der Waals surface area contributed by atoms with Crippen LogP contribution < -0.4 is 5.32 Å². The number of halogens is 1. The number of likely N-dealkylation sites (tertiary alicyclic amines) is 1. The van der Waals surface area contributed by atoms with E-state index in [9.17, 15) is 9.59 Å². The van der Waals surface area contributed by atoms with Crippen molar-refractivity contribution in [1.29, 1.82) is 0 Å². The van der Waals surface area contributed by atoms with Crippen LogP contribution in [0.2, 0.25) is 5.15 Å². The fourth-order valence-corrected chi connectivity index (χ4v) is 3.86. The number of rotatable bonds is 6. The molecule has 3 rings (SSSR count). The van der Waals surface area contributed by atoms with Crippen LogP contribution in [0, 0.1) is 12.8 Å². The predicted molar refractivity (Wildman–Crippen MR) is 111 cm³/mol. The first-order valence-electron chi connectivity index (χ1n) is 9.89. The van der Waals surface area contributed by atoms with Crippen molar-refractivity contribution in [2.45, 2.75) is 46.1 Å². The van der Waals surface area contributed by atoms with E-state index < -0.39 is 0 Å². The molecule has 0 saturated carbocycles. The van der Waals surface area contributed by atoms with Gasteiger partial charge in [-0.05, 0) is 38.3 Å². The monoisotopic (exact) mass is 402 g/mol. The number of aryl methyl sites for hydroxylation is 2. The minimum absolute atomic E-state index is 0.0138. The van der Waals surface area contributed by atoms with Crippen molar-refractivity contribution in [1.82, 2.24) is 14.7 Å². The number of carbonyl (C=O) groups is 2. The fourth-order valence-electron chi connectivity index (χ4n) is 3.52. The number of benzene rings is 1. The summed E-state index contributed by atoms with van der Waals surface area (Å²) in [5, 5.41) is 7.79. The molecule has 0 radical (unpaired) electrons. The molecule has 1 aromatic carbocycles. The van der Waals surface area contributed by atoms with Gasteiger partial charge in [0.25, 0.3) is 5.91 Å². The number of amides is 2. The zero-order valence-electron chi connectivity index (χ0n) is 16.4. The molecule has 1 aromatic heterocycles. The zero-order valence-corrected chi connectivity index (χ0v) is 17.2. The highest BCUT2D eigenvalue weighted by Crippen LogP contribution is 2.26. The summed E-state index contributed by atoms with van der Waals surface area (Å²) in [6.45, 7) is 5.73. The van der Waals surface area contributed by atoms with Gasteiger partial charge >= 0.3 is 0 Å². The van der Waals surface area contributed by atoms with E-state index >= 15 is 0 Å². The normalized spacial score (nSPS) is 14.9. The number of aromatic nitrogens is 2. The minimum atomic E-state index is -0.0906. The highest BCUT2D eigenvalue weighted by molar-refractivity contribution is 6.33. The SMILES string of the molecule is CCCCn1nc(C)c(C(=O)N2CCC(C(=O)Nc3ccccc3)CC2)c1Cl. The van der Waals surface area contributed by atoms with Crippen molar-refractivity contribution in [2.75, 3.05) is 18.4 Å². The van der Waals surface area contributed by atoms with Gasteiger partial charge in [-0.25, -0.2) is 0 Å². The lowest BCUT2D eigenvalue weighted by Gasteiger charge is -2.31. The first-order chi connectivity index (χ1) is 13.5. The first kappa shape index (κ1) is 20.4. The van der Waals surface area contributed by atoms with E-state index in [0.29, 0.717) is 48.9 Å². The molecule has 1 aliphatic heterocycles. The molecule has 0 aliphatic carbocycles. The van der Waals surface area contributed by atoms with Gasteiger partial charge in [-0.2, -0.15) is 5.10 Å². The van der Waals surface area contributed by atoms with Crippen molar-refractivity contribution in [2.24, 2.45) is 5.92 Å². The molecule has 1 aliphatic rings. The van der Waals surface area contributed by atoms with Crippen molar-refractivity contribution in [3.05, 3.63) is 46.7 Å². The standard InChI is InChI=1S/C21H27ClN4O2/c1-3-4-12-26-19(22)18(15(2)24-26)21(28)25-13-10-16(11-14-25)20(27)23-17-8-6-5-7-9-17/h5-9,16H,3-4,10-14H2,1-2H3,(H,23,27). The highest BCUT2D eigenvalue weighted by Gasteiger charge is 2.30. The first-order valence-corrected chi connectivity index (χ1v) is 10.3. The van der Waals surface area contributed by atoms with Gasteiger partial charge in [0.2, 0.25) is 5.91 Å². The number of hydrogen-bond donors (Lipinski definition) is 1. The van der Waals surface area contributed by atoms with Gasteiger partial charge in [0.1, 0.15) is 5.15 Å². The second-order valence-electron chi connectivity index (χ2n) is 7.25. The Morgan fingerprint density at radius 1 is 1.21 bits per heavy atom. The molecule has 1 fully saturated rings. The van der Waals surface area contributed by atoms with E-state index in [2.05, 4.69) is 17.3 Å². The molecular weight excluding hydrogens is 376 g/mol. The molecule has 150 valence electrons. The summed E-state index contributed by atoms with van der Waals surface area (Å²) in [7, 11) is 0. The molecule has 0 unspecified atom stereocenters. The van der Waals surface area contributed by atoms with Crippen LogP contribution in [-0.2, 0) is 11.3 Å². The molecule has 0 spiro atoms. The van der Waals surface area contributed by atoms with Crippen LogP contribution in [0.5, 0.6) is 0 Å². The van der Waals surface area contributed by atoms with Gasteiger partial charge < -0.3 is 10.2 Å². The van der Waals surface area contributed by atoms with E-state index in [1.54, 1.807) is 9.58 Å². The average Bonchev–Trinajstić information content (AvgIpc) is 3.00. The molecule has 0 atom stereocenters. The van der Waals surface area contributed by atoms with E-state index in [1.165, 1.54) is 0 Å². The molecule has 0 bridgehead atoms. The lowest BCUT2D eigenvalue weighted by molar-refractivity contribution is -0.121. The summed E-state index contributed by atoms with van der Waals surface area (Å²) in [5.41, 5.74) is 1.95. The Labute approximate surface area is 170 Å². The van der Waals surface area contributed by atoms with E-state index in [4.69, 9.17) is 11.6 Å². The van der Waals surface area contributed by atoms with Crippen LogP contribution in [0.25, 0.3) is 0 Å². The minimum Gasteiger partial charge on any atom is -0.338 e. The largest absolute Gasteiger partial charge is 0.338 e. The van der Waals surface area contributed by atoms with Gasteiger partial charge in [-0.15, -0.1) is 0 Å². The van der Waals surface area contributed by atoms with Gasteiger partial charge in [0, 0.05) is 31.2 Å². The van der Waals surface area contributed by atoms with E-state index in [0.717, 1.165) is 18.5 Å². The summed E-state index contributed by atoms with van der Waals surface area (Å²) >= 11 is 6.44. The maximum Gasteiger partial charge on any atom is 0.258 e. The number of carbonyl (C=O) groups excluding carboxylic acids is 2. The Morgan fingerprint density at radius 3 is 2.54 bits per heavy atom. The van der Waals surface area contributed by atoms with E-state index in [-0.39, 0.29) is 17.7 Å². The molecule has 28 heavy (non-hydrogen) atoms. The second kappa shape index (κ2) is 9.24. The second-order valence-corrected chi connectivity index (χ2v) is 7.61. The van der Waals surface area contributed by atoms with Crippen LogP contribution >= 0.6 is 11.6 Å². The van der Waals surface area contributed by atoms with E-state index in [1.807, 2.05) is 37.3 Å². The summed E-state index contributed by atoms with van der Waals surface area (Å²) in [6.07, 6.45) is 3.30. The van der Waals surface area contributed by atoms with Crippen LogP contribution in [0.1, 0.15) is 48.7 Å². The smallest absolute Gasteiger partial charge is 0.258 e. The van der Waals surface area contributed by atoms with Gasteiger partial charge in [-0.1, -0.05) is 43.1 Å². The number of para-hydroxylation sites is 1. The van der Waals surface area contributed by atoms with Crippen LogP contribution in [0.15, 0.2) is 30.3 Å². The van der Waals surface area contributed by atoms with Gasteiger partial charge in [0.15, 0.2) is 0 Å². The number of hydrogen-bond acceptors (Lipinski definition) is 3. The maximum absolute atomic E-state index is 13.0. The fraction of sp³-hybridized carbons (Fsp3) is 0.476. The molecule has 7 heteroatoms. The summed E-state index contributed by atoms with van der Waals surface area (Å²) < 4.78 is 1.72. The Kier molecular flexibility index (Phi) is 6.73. The molecule has 2 aromatic rings. The Bertz CT molecular complexity index is 826. The third-order valence-electron chi connectivity index (χ3n) is 5.20. The van der Waals surface area contributed by atoms with Gasteiger partial charge in [-0.3, -0.25) is 14.3 Å². The average molecular weight is 403 g/mol. The van der Waals surface area contributed by atoms with Crippen molar-refractivity contribution in [3.8, 4) is 0 Å². The molecule has 1 saturated heterocycles. The van der Waals surface area contributed by atoms with Crippen molar-refractivity contribution in [3.63, 3.8) is 0 Å². The quantitative estimate of drug-likeness (QED) is 0.789. The maximum atomic E-state index is 13.0. The lowest BCUT2D eigenvalue weighted by Crippen LogP contribution is -2.41. The Morgan fingerprint density at radius 2 is 1.89 bits per heavy atom. The van der Waals surface area contributed by atoms with Crippen molar-refractivity contribution >= 4 is 29.1 Å². The number of nitrogens with zero attached hydrogens (tertiary/aromatic N) is 3. The predicted octanol–water partition coefficient (Wildman–Crippen LogP) is 4.14. The Balaban J connectivity index is 1.59. The van der Waals surface area contributed by atoms with Crippen LogP contribution in [0.3, 0.4) is 0 Å². The topological polar surface area (TPSA) is 67.2 Å². The van der Waals surface area contributed by atoms with Gasteiger partial charge in [0.05, 0.1) is 11.3 Å². The highest BCUT2D eigenvalue weighted by atomic mass is 35.5. The summed E-state index contributed by atoms with van der Waals surface area (Å²) in [4.78, 5) is 27.2. The summed E-state index contributed by atoms with van der Waals surface area (Å²) in [5.74, 6) is -0.167. The lowest BCUT2D eigenvalue weighted by atomic mass is 9.95. The molecular formula is C21H27ClN4O2. The molecule has 6 nitrogen and oxygen atoms in total. The third kappa shape index (κ3) is 4.55. The molecule has 1 N–H and O–H groups in total. The number of anilines is 1. The van der Waals surface area contributed by atoms with Crippen LogP contribution in [-0.4, -0.2) is 39.6 Å². The number of piperidine rings is 1. The zero-order chi connectivity index (χ0) is 20.1. The Hall–Kier alpha value is -2.34. The summed E-state index contributed by atoms with van der Waals surface area (Å²) in [6, 6.07) is 9.44. The van der Waals surface area contributed by atoms with Crippen molar-refractivity contribution < 1.29 is 9.59 Å². The molecule has 2 amide bonds. The third-order valence-corrected chi connectivity index (χ3v) is 5.58. The molecule has 2 heterocycles. The van der Waals surface area contributed by atoms with Crippen LogP contribution in [0.4, 0.5) is 5.69 Å². The number of unbranched alkanes of at least 4 members (excludes halogenated alkanes) is 1. The number of nitrogens with one attached hydrogen (secondary N) is 1.